The van der Waals surface area contributed by atoms with E-state index in [9.17, 15) is 9.59 Å². The number of ether oxygens (including phenoxy) is 1. The van der Waals surface area contributed by atoms with Crippen molar-refractivity contribution in [1.29, 1.82) is 0 Å². The van der Waals surface area contributed by atoms with E-state index in [1.807, 2.05) is 12.1 Å². The Morgan fingerprint density at radius 2 is 1.33 bits per heavy atom. The molecule has 0 saturated heterocycles. The third-order valence-electron chi connectivity index (χ3n) is 6.78. The third-order valence-corrected chi connectivity index (χ3v) is 6.78. The highest BCUT2D eigenvalue weighted by Gasteiger charge is 2.32. The zero-order valence-electron chi connectivity index (χ0n) is 18.8. The number of hydrogen-bond acceptors (Lipinski definition) is 4. The summed E-state index contributed by atoms with van der Waals surface area (Å²) in [6, 6.07) is 8.12. The average Bonchev–Trinajstić information content (AvgIpc) is 2.80. The van der Waals surface area contributed by atoms with Gasteiger partial charge in [0.05, 0.1) is 5.56 Å². The lowest BCUT2D eigenvalue weighted by Crippen LogP contribution is -2.50. The van der Waals surface area contributed by atoms with E-state index in [2.05, 4.69) is 23.6 Å². The van der Waals surface area contributed by atoms with Crippen LogP contribution in [0.25, 0.3) is 0 Å². The molecule has 0 N–H and O–H groups in total. The topological polar surface area (TPSA) is 49.9 Å². The molecule has 0 heterocycles. The molecule has 0 aromatic heterocycles. The number of rotatable bonds is 8. The molecular formula is C25H38N2O3. The van der Waals surface area contributed by atoms with Crippen LogP contribution in [0.1, 0.15) is 88.4 Å². The van der Waals surface area contributed by atoms with E-state index in [0.29, 0.717) is 17.6 Å². The zero-order valence-corrected chi connectivity index (χ0v) is 18.8. The number of hydrogen-bond donors (Lipinski definition) is 0. The molecule has 0 aliphatic heterocycles. The predicted octanol–water partition coefficient (Wildman–Crippen LogP) is 5.18. The summed E-state index contributed by atoms with van der Waals surface area (Å²) in [6.07, 6.45) is 11.7. The smallest absolute Gasteiger partial charge is 0.338 e. The second kappa shape index (κ2) is 11.4. The van der Waals surface area contributed by atoms with Gasteiger partial charge < -0.3 is 14.5 Å². The van der Waals surface area contributed by atoms with Gasteiger partial charge in [0.25, 0.3) is 5.91 Å². The summed E-state index contributed by atoms with van der Waals surface area (Å²) in [5.41, 5.74) is 1.59. The first-order chi connectivity index (χ1) is 14.6. The normalized spacial score (nSPS) is 18.1. The maximum absolute atomic E-state index is 13.1. The average molecular weight is 415 g/mol. The van der Waals surface area contributed by atoms with Crippen molar-refractivity contribution in [2.24, 2.45) is 0 Å². The SMILES string of the molecule is CCN(CC)c1ccc(C(=O)OCC(=O)N(C2CCCCC2)C2CCCCC2)cc1. The minimum Gasteiger partial charge on any atom is -0.452 e. The number of carbonyl (C=O) groups excluding carboxylic acids is 2. The Kier molecular flexibility index (Phi) is 8.59. The van der Waals surface area contributed by atoms with Crippen LogP contribution < -0.4 is 4.90 Å². The standard InChI is InChI=1S/C25H38N2O3/c1-3-26(4-2)21-17-15-20(16-18-21)25(29)30-19-24(28)27(22-11-7-5-8-12-22)23-13-9-6-10-14-23/h15-18,22-23H,3-14,19H2,1-2H3. The quantitative estimate of drug-likeness (QED) is 0.550. The summed E-state index contributed by atoms with van der Waals surface area (Å²) in [4.78, 5) is 30.0. The molecule has 2 saturated carbocycles. The molecule has 2 aliphatic rings. The van der Waals surface area contributed by atoms with Gasteiger partial charge in [0.15, 0.2) is 6.61 Å². The predicted molar refractivity (Wildman–Crippen MR) is 121 cm³/mol. The van der Waals surface area contributed by atoms with Gasteiger partial charge in [-0.1, -0.05) is 38.5 Å². The molecule has 2 aliphatic carbocycles. The van der Waals surface area contributed by atoms with Gasteiger partial charge in [0.2, 0.25) is 0 Å². The van der Waals surface area contributed by atoms with Crippen molar-refractivity contribution in [3.05, 3.63) is 29.8 Å². The van der Waals surface area contributed by atoms with Gasteiger partial charge in [-0.05, 0) is 63.8 Å². The summed E-state index contributed by atoms with van der Waals surface area (Å²) >= 11 is 0. The summed E-state index contributed by atoms with van der Waals surface area (Å²) < 4.78 is 5.46. The van der Waals surface area contributed by atoms with Crippen LogP contribution in [-0.4, -0.2) is 48.6 Å². The molecular weight excluding hydrogens is 376 g/mol. The Labute approximate surface area is 181 Å². The van der Waals surface area contributed by atoms with E-state index < -0.39 is 5.97 Å². The largest absolute Gasteiger partial charge is 0.452 e. The van der Waals surface area contributed by atoms with E-state index in [-0.39, 0.29) is 12.5 Å². The van der Waals surface area contributed by atoms with Gasteiger partial charge in [-0.25, -0.2) is 4.79 Å². The molecule has 5 heteroatoms. The van der Waals surface area contributed by atoms with Crippen LogP contribution in [-0.2, 0) is 9.53 Å². The summed E-state index contributed by atoms with van der Waals surface area (Å²) in [5.74, 6) is -0.427. The summed E-state index contributed by atoms with van der Waals surface area (Å²) in [6.45, 7) is 5.92. The van der Waals surface area contributed by atoms with Crippen molar-refractivity contribution < 1.29 is 14.3 Å². The Morgan fingerprint density at radius 3 is 1.80 bits per heavy atom. The molecule has 30 heavy (non-hydrogen) atoms. The van der Waals surface area contributed by atoms with E-state index in [1.54, 1.807) is 12.1 Å². The van der Waals surface area contributed by atoms with E-state index in [4.69, 9.17) is 4.74 Å². The first kappa shape index (κ1) is 22.6. The molecule has 1 aromatic carbocycles. The van der Waals surface area contributed by atoms with Crippen LogP contribution in [0, 0.1) is 0 Å². The third kappa shape index (κ3) is 5.77. The molecule has 166 valence electrons. The minimum atomic E-state index is -0.415. The fraction of sp³-hybridized carbons (Fsp3) is 0.680. The van der Waals surface area contributed by atoms with Crippen LogP contribution in [0.2, 0.25) is 0 Å². The molecule has 1 aromatic rings. The molecule has 0 bridgehead atoms. The molecule has 0 spiro atoms. The van der Waals surface area contributed by atoms with Crippen LogP contribution in [0.4, 0.5) is 5.69 Å². The van der Waals surface area contributed by atoms with Crippen molar-refractivity contribution >= 4 is 17.6 Å². The van der Waals surface area contributed by atoms with E-state index in [1.165, 1.54) is 38.5 Å². The van der Waals surface area contributed by atoms with Gasteiger partial charge in [-0.15, -0.1) is 0 Å². The molecule has 0 atom stereocenters. The second-order valence-corrected chi connectivity index (χ2v) is 8.68. The first-order valence-corrected chi connectivity index (χ1v) is 12.0. The molecule has 0 unspecified atom stereocenters. The highest BCUT2D eigenvalue weighted by atomic mass is 16.5. The second-order valence-electron chi connectivity index (χ2n) is 8.68. The monoisotopic (exact) mass is 414 g/mol. The Morgan fingerprint density at radius 1 is 0.833 bits per heavy atom. The zero-order chi connectivity index (χ0) is 21.3. The highest BCUT2D eigenvalue weighted by molar-refractivity contribution is 5.91. The number of amides is 1. The van der Waals surface area contributed by atoms with Gasteiger partial charge in [0.1, 0.15) is 0 Å². The molecule has 5 nitrogen and oxygen atoms in total. The number of esters is 1. The number of nitrogens with zero attached hydrogens (tertiary/aromatic N) is 2. The van der Waals surface area contributed by atoms with Crippen molar-refractivity contribution in [2.45, 2.75) is 90.1 Å². The van der Waals surface area contributed by atoms with Crippen LogP contribution in [0.3, 0.4) is 0 Å². The van der Waals surface area contributed by atoms with Gasteiger partial charge in [-0.2, -0.15) is 0 Å². The van der Waals surface area contributed by atoms with Gasteiger partial charge >= 0.3 is 5.97 Å². The van der Waals surface area contributed by atoms with E-state index >= 15 is 0 Å². The minimum absolute atomic E-state index is 0.0121. The molecule has 0 radical (unpaired) electrons. The Bertz CT molecular complexity index is 654. The Hall–Kier alpha value is -2.04. The van der Waals surface area contributed by atoms with Crippen LogP contribution in [0.5, 0.6) is 0 Å². The maximum atomic E-state index is 13.1. The number of carbonyl (C=O) groups is 2. The van der Waals surface area contributed by atoms with Crippen molar-refractivity contribution in [3.8, 4) is 0 Å². The lowest BCUT2D eigenvalue weighted by molar-refractivity contribution is -0.141. The Balaban J connectivity index is 1.60. The number of benzene rings is 1. The van der Waals surface area contributed by atoms with E-state index in [0.717, 1.165) is 44.5 Å². The van der Waals surface area contributed by atoms with Gasteiger partial charge in [0, 0.05) is 30.9 Å². The summed E-state index contributed by atoms with van der Waals surface area (Å²) in [5, 5.41) is 0. The van der Waals surface area contributed by atoms with Gasteiger partial charge in [-0.3, -0.25) is 4.79 Å². The lowest BCUT2D eigenvalue weighted by atomic mass is 9.88. The highest BCUT2D eigenvalue weighted by Crippen LogP contribution is 2.30. The fourth-order valence-electron chi connectivity index (χ4n) is 5.11. The lowest BCUT2D eigenvalue weighted by Gasteiger charge is -2.41. The molecule has 1 amide bonds. The van der Waals surface area contributed by atoms with Crippen molar-refractivity contribution in [2.75, 3.05) is 24.6 Å². The number of anilines is 1. The van der Waals surface area contributed by atoms with Crippen LogP contribution in [0.15, 0.2) is 24.3 Å². The van der Waals surface area contributed by atoms with Crippen molar-refractivity contribution in [1.82, 2.24) is 4.90 Å². The maximum Gasteiger partial charge on any atom is 0.338 e. The summed E-state index contributed by atoms with van der Waals surface area (Å²) in [7, 11) is 0. The molecule has 2 fully saturated rings. The first-order valence-electron chi connectivity index (χ1n) is 12.0. The van der Waals surface area contributed by atoms with Crippen LogP contribution >= 0.6 is 0 Å². The fourth-order valence-corrected chi connectivity index (χ4v) is 5.11. The van der Waals surface area contributed by atoms with Crippen molar-refractivity contribution in [3.63, 3.8) is 0 Å². The molecule has 3 rings (SSSR count).